The first kappa shape index (κ1) is 12.3. The summed E-state index contributed by atoms with van der Waals surface area (Å²) in [6, 6.07) is 0. The smallest absolute Gasteiger partial charge is 0.317 e. The van der Waals surface area contributed by atoms with Gasteiger partial charge >= 0.3 is 11.9 Å². The van der Waals surface area contributed by atoms with Crippen LogP contribution in [0.4, 0.5) is 0 Å². The number of hydrogen-bond acceptors (Lipinski definition) is 6. The van der Waals surface area contributed by atoms with Crippen LogP contribution in [-0.4, -0.2) is 47.3 Å². The number of nitrogens with one attached hydrogen (secondary N) is 1. The van der Waals surface area contributed by atoms with Crippen LogP contribution >= 0.6 is 11.8 Å². The molecule has 0 saturated heterocycles. The van der Waals surface area contributed by atoms with E-state index in [9.17, 15) is 9.59 Å². The first-order valence-corrected chi connectivity index (χ1v) is 5.71. The summed E-state index contributed by atoms with van der Waals surface area (Å²) in [6.45, 7) is 0. The van der Waals surface area contributed by atoms with Crippen LogP contribution in [0.2, 0.25) is 0 Å². The fourth-order valence-electron chi connectivity index (χ4n) is 1.30. The minimum Gasteiger partial charge on any atom is -0.481 e. The van der Waals surface area contributed by atoms with Gasteiger partial charge in [-0.05, 0) is 0 Å². The van der Waals surface area contributed by atoms with Gasteiger partial charge in [0.25, 0.3) is 0 Å². The number of fused-ring (bicyclic) bond motifs is 1. The Balaban J connectivity index is 2.28. The van der Waals surface area contributed by atoms with Crippen molar-refractivity contribution in [1.82, 2.24) is 19.9 Å². The van der Waals surface area contributed by atoms with Crippen molar-refractivity contribution in [1.29, 1.82) is 0 Å². The van der Waals surface area contributed by atoms with Gasteiger partial charge in [-0.1, -0.05) is 11.8 Å². The Morgan fingerprint density at radius 2 is 2.11 bits per heavy atom. The Hall–Kier alpha value is -2.16. The number of thioether (sulfide) groups is 1. The zero-order chi connectivity index (χ0) is 13.1. The highest BCUT2D eigenvalue weighted by atomic mass is 32.2. The lowest BCUT2D eigenvalue weighted by Gasteiger charge is -2.08. The molecule has 9 heteroatoms. The van der Waals surface area contributed by atoms with Gasteiger partial charge in [-0.2, -0.15) is 0 Å². The summed E-state index contributed by atoms with van der Waals surface area (Å²) in [7, 11) is 0. The molecule has 2 aromatic heterocycles. The van der Waals surface area contributed by atoms with E-state index in [-0.39, 0.29) is 0 Å². The zero-order valence-electron chi connectivity index (χ0n) is 8.90. The van der Waals surface area contributed by atoms with E-state index in [1.807, 2.05) is 0 Å². The molecule has 0 amide bonds. The second-order valence-electron chi connectivity index (χ2n) is 3.32. The van der Waals surface area contributed by atoms with Gasteiger partial charge in [0.15, 0.2) is 5.65 Å². The molecule has 0 aliphatic heterocycles. The van der Waals surface area contributed by atoms with Gasteiger partial charge in [0, 0.05) is 0 Å². The summed E-state index contributed by atoms with van der Waals surface area (Å²) in [5, 5.41) is 16.9. The molecular weight excluding hydrogens is 260 g/mol. The number of aromatic amines is 1. The predicted octanol–water partition coefficient (Wildman–Crippen LogP) is 0.373. The van der Waals surface area contributed by atoms with E-state index in [4.69, 9.17) is 10.2 Å². The van der Waals surface area contributed by atoms with Crippen LogP contribution in [0.3, 0.4) is 0 Å². The van der Waals surface area contributed by atoms with E-state index in [1.165, 1.54) is 12.7 Å². The van der Waals surface area contributed by atoms with Crippen molar-refractivity contribution >= 4 is 34.9 Å². The van der Waals surface area contributed by atoms with Gasteiger partial charge in [0.1, 0.15) is 22.1 Å². The van der Waals surface area contributed by atoms with Gasteiger partial charge in [0.2, 0.25) is 0 Å². The van der Waals surface area contributed by atoms with Crippen molar-refractivity contribution in [3.8, 4) is 0 Å². The Morgan fingerprint density at radius 3 is 2.78 bits per heavy atom. The predicted molar refractivity (Wildman–Crippen MR) is 61.2 cm³/mol. The molecule has 2 aromatic rings. The molecule has 0 radical (unpaired) electrons. The highest BCUT2D eigenvalue weighted by Crippen LogP contribution is 2.27. The lowest BCUT2D eigenvalue weighted by Crippen LogP contribution is -2.20. The van der Waals surface area contributed by atoms with Crippen LogP contribution in [0.1, 0.15) is 6.42 Å². The number of nitrogens with zero attached hydrogens (tertiary/aromatic N) is 3. The third-order valence-electron chi connectivity index (χ3n) is 2.08. The summed E-state index contributed by atoms with van der Waals surface area (Å²) >= 11 is 0.857. The Morgan fingerprint density at radius 1 is 1.33 bits per heavy atom. The molecule has 0 spiro atoms. The van der Waals surface area contributed by atoms with Crippen LogP contribution in [0.25, 0.3) is 11.2 Å². The van der Waals surface area contributed by atoms with E-state index >= 15 is 0 Å². The minimum atomic E-state index is -1.20. The summed E-state index contributed by atoms with van der Waals surface area (Å²) in [5.41, 5.74) is 0.908. The number of aliphatic carboxylic acids is 2. The van der Waals surface area contributed by atoms with E-state index in [2.05, 4.69) is 19.9 Å². The van der Waals surface area contributed by atoms with E-state index in [1.54, 1.807) is 0 Å². The molecular formula is C9H8N4O4S. The first-order valence-electron chi connectivity index (χ1n) is 4.83. The van der Waals surface area contributed by atoms with Crippen molar-refractivity contribution in [2.45, 2.75) is 16.7 Å². The molecule has 8 nitrogen and oxygen atoms in total. The normalized spacial score (nSPS) is 12.4. The number of carboxylic acids is 2. The number of imidazole rings is 1. The number of aromatic nitrogens is 4. The van der Waals surface area contributed by atoms with Crippen molar-refractivity contribution < 1.29 is 19.8 Å². The van der Waals surface area contributed by atoms with E-state index in [0.29, 0.717) is 16.2 Å². The fourth-order valence-corrected chi connectivity index (χ4v) is 2.28. The number of carboxylic acid groups (broad SMARTS) is 2. The van der Waals surface area contributed by atoms with Gasteiger partial charge < -0.3 is 15.2 Å². The number of H-pyrrole nitrogens is 1. The molecule has 0 fully saturated rings. The SMILES string of the molecule is O=C(O)C[C@H](Sc1ncnc2nc[nH]c12)C(=O)O. The zero-order valence-corrected chi connectivity index (χ0v) is 9.72. The van der Waals surface area contributed by atoms with Crippen LogP contribution in [0, 0.1) is 0 Å². The van der Waals surface area contributed by atoms with Gasteiger partial charge in [-0.25, -0.2) is 15.0 Å². The quantitative estimate of drug-likeness (QED) is 0.524. The van der Waals surface area contributed by atoms with Gasteiger partial charge in [-0.3, -0.25) is 9.59 Å². The molecule has 0 aliphatic rings. The lowest BCUT2D eigenvalue weighted by molar-refractivity contribution is -0.142. The van der Waals surface area contributed by atoms with Crippen LogP contribution in [0.15, 0.2) is 17.7 Å². The number of hydrogen-bond donors (Lipinski definition) is 3. The second-order valence-corrected chi connectivity index (χ2v) is 4.51. The van der Waals surface area contributed by atoms with Crippen LogP contribution in [-0.2, 0) is 9.59 Å². The van der Waals surface area contributed by atoms with Crippen molar-refractivity contribution in [2.75, 3.05) is 0 Å². The maximum absolute atomic E-state index is 11.0. The Bertz CT molecular complexity index is 599. The summed E-state index contributed by atoms with van der Waals surface area (Å²) in [4.78, 5) is 36.1. The average molecular weight is 268 g/mol. The molecule has 94 valence electrons. The molecule has 0 aromatic carbocycles. The monoisotopic (exact) mass is 268 g/mol. The Kier molecular flexibility index (Phi) is 3.42. The standard InChI is InChI=1S/C9H8N4O4S/c14-5(15)1-4(9(16)17)18-8-6-7(11-2-10-6)12-3-13-8/h2-4H,1H2,(H,14,15)(H,16,17)(H,10,11,12,13)/t4-/m0/s1. The highest BCUT2D eigenvalue weighted by molar-refractivity contribution is 8.00. The van der Waals surface area contributed by atoms with Gasteiger partial charge in [0.05, 0.1) is 12.7 Å². The maximum Gasteiger partial charge on any atom is 0.317 e. The average Bonchev–Trinajstić information content (AvgIpc) is 2.76. The molecule has 1 atom stereocenters. The third kappa shape index (κ3) is 2.56. The molecule has 18 heavy (non-hydrogen) atoms. The molecule has 2 heterocycles. The molecule has 0 bridgehead atoms. The first-order chi connectivity index (χ1) is 8.58. The van der Waals surface area contributed by atoms with Crippen molar-refractivity contribution in [2.24, 2.45) is 0 Å². The fraction of sp³-hybridized carbons (Fsp3) is 0.222. The third-order valence-corrected chi connectivity index (χ3v) is 3.26. The largest absolute Gasteiger partial charge is 0.481 e. The summed E-state index contributed by atoms with van der Waals surface area (Å²) < 4.78 is 0. The molecule has 0 aliphatic carbocycles. The maximum atomic E-state index is 11.0. The lowest BCUT2D eigenvalue weighted by atomic mass is 10.3. The van der Waals surface area contributed by atoms with Crippen LogP contribution in [0.5, 0.6) is 0 Å². The number of rotatable bonds is 5. The van der Waals surface area contributed by atoms with Crippen molar-refractivity contribution in [3.05, 3.63) is 12.7 Å². The van der Waals surface area contributed by atoms with Crippen molar-refractivity contribution in [3.63, 3.8) is 0 Å². The number of carbonyl (C=O) groups is 2. The Labute approximate surface area is 104 Å². The van der Waals surface area contributed by atoms with E-state index in [0.717, 1.165) is 11.8 Å². The topological polar surface area (TPSA) is 129 Å². The van der Waals surface area contributed by atoms with Crippen LogP contribution < -0.4 is 0 Å². The molecule has 3 N–H and O–H groups in total. The highest BCUT2D eigenvalue weighted by Gasteiger charge is 2.24. The molecule has 0 unspecified atom stereocenters. The molecule has 0 saturated carbocycles. The summed E-state index contributed by atoms with van der Waals surface area (Å²) in [5.74, 6) is -2.38. The molecule has 2 rings (SSSR count). The van der Waals surface area contributed by atoms with E-state index < -0.39 is 23.6 Å². The second kappa shape index (κ2) is 5.00. The summed E-state index contributed by atoms with van der Waals surface area (Å²) in [6.07, 6.45) is 2.18. The minimum absolute atomic E-state index is 0.367. The van der Waals surface area contributed by atoms with Gasteiger partial charge in [-0.15, -0.1) is 0 Å².